The van der Waals surface area contributed by atoms with Crippen molar-refractivity contribution in [1.82, 2.24) is 14.9 Å². The Hall–Kier alpha value is -3.14. The van der Waals surface area contributed by atoms with Crippen molar-refractivity contribution in [2.45, 2.75) is 24.3 Å². The highest BCUT2D eigenvalue weighted by atomic mass is 32.2. The number of fused-ring (bicyclic) bond motifs is 1. The number of aromatic amines is 1. The van der Waals surface area contributed by atoms with Gasteiger partial charge in [-0.15, -0.1) is 0 Å². The summed E-state index contributed by atoms with van der Waals surface area (Å²) in [5.74, 6) is -0.392. The molecule has 1 aliphatic heterocycles. The number of nitrogens with zero attached hydrogens (tertiary/aromatic N) is 2. The standard InChI is InChI=1S/C21H18F3N3O3S/c1-31(29,30)20-25-11-18(26-20)19(28)27-10-9-17-14(12-27)3-2-4-16(17)13-5-7-15(8-6-13)21(22,23)24/h2-8,11H,9-10,12H2,1H3,(H,25,26). The van der Waals surface area contributed by atoms with Crippen LogP contribution in [-0.2, 0) is 29.0 Å². The van der Waals surface area contributed by atoms with E-state index in [1.807, 2.05) is 12.1 Å². The fraction of sp³-hybridized carbons (Fsp3) is 0.238. The summed E-state index contributed by atoms with van der Waals surface area (Å²) in [5.41, 5.74) is 2.68. The first-order chi connectivity index (χ1) is 14.5. The van der Waals surface area contributed by atoms with Crippen LogP contribution in [0.3, 0.4) is 0 Å². The number of carbonyl (C=O) groups is 1. The van der Waals surface area contributed by atoms with Gasteiger partial charge in [0.05, 0.1) is 5.56 Å². The number of benzene rings is 2. The third-order valence-corrected chi connectivity index (χ3v) is 6.11. The molecule has 31 heavy (non-hydrogen) atoms. The number of alkyl halides is 3. The lowest BCUT2D eigenvalue weighted by atomic mass is 9.90. The van der Waals surface area contributed by atoms with Gasteiger partial charge in [0, 0.05) is 25.5 Å². The lowest BCUT2D eigenvalue weighted by Crippen LogP contribution is -2.36. The first kappa shape index (κ1) is 21.1. The van der Waals surface area contributed by atoms with E-state index in [0.717, 1.165) is 35.1 Å². The van der Waals surface area contributed by atoms with Crippen molar-refractivity contribution < 1.29 is 26.4 Å². The molecule has 0 saturated heterocycles. The van der Waals surface area contributed by atoms with E-state index in [0.29, 0.717) is 25.1 Å². The third kappa shape index (κ3) is 4.20. The summed E-state index contributed by atoms with van der Waals surface area (Å²) in [7, 11) is -3.55. The third-order valence-electron chi connectivity index (χ3n) is 5.20. The van der Waals surface area contributed by atoms with E-state index in [2.05, 4.69) is 9.97 Å². The van der Waals surface area contributed by atoms with Gasteiger partial charge in [0.25, 0.3) is 5.91 Å². The van der Waals surface area contributed by atoms with Crippen LogP contribution in [0.4, 0.5) is 13.2 Å². The molecule has 1 amide bonds. The van der Waals surface area contributed by atoms with E-state index in [4.69, 9.17) is 0 Å². The van der Waals surface area contributed by atoms with Crippen molar-refractivity contribution >= 4 is 15.7 Å². The van der Waals surface area contributed by atoms with Gasteiger partial charge in [0.2, 0.25) is 15.0 Å². The first-order valence-corrected chi connectivity index (χ1v) is 11.3. The Bertz CT molecular complexity index is 1250. The number of hydrogen-bond donors (Lipinski definition) is 1. The topological polar surface area (TPSA) is 83.1 Å². The Balaban J connectivity index is 1.58. The molecule has 0 spiro atoms. The van der Waals surface area contributed by atoms with Crippen LogP contribution in [0.1, 0.15) is 27.2 Å². The van der Waals surface area contributed by atoms with Crippen LogP contribution in [0.2, 0.25) is 0 Å². The maximum Gasteiger partial charge on any atom is 0.416 e. The average Bonchev–Trinajstić information content (AvgIpc) is 3.23. The van der Waals surface area contributed by atoms with Crippen molar-refractivity contribution in [2.24, 2.45) is 0 Å². The highest BCUT2D eigenvalue weighted by Crippen LogP contribution is 2.34. The van der Waals surface area contributed by atoms with E-state index >= 15 is 0 Å². The van der Waals surface area contributed by atoms with Gasteiger partial charge < -0.3 is 9.88 Å². The second-order valence-corrected chi connectivity index (χ2v) is 9.29. The van der Waals surface area contributed by atoms with Gasteiger partial charge in [0.1, 0.15) is 5.69 Å². The number of imidazole rings is 1. The summed E-state index contributed by atoms with van der Waals surface area (Å²) in [5, 5.41) is -0.266. The number of nitrogens with one attached hydrogen (secondary N) is 1. The molecule has 0 bridgehead atoms. The molecule has 2 aromatic carbocycles. The van der Waals surface area contributed by atoms with Crippen LogP contribution in [0.5, 0.6) is 0 Å². The molecule has 0 fully saturated rings. The maximum absolute atomic E-state index is 12.8. The molecule has 0 atom stereocenters. The molecular weight excluding hydrogens is 431 g/mol. The molecule has 0 saturated carbocycles. The summed E-state index contributed by atoms with van der Waals surface area (Å²) < 4.78 is 61.7. The van der Waals surface area contributed by atoms with Crippen molar-refractivity contribution in [2.75, 3.05) is 12.8 Å². The van der Waals surface area contributed by atoms with Crippen LogP contribution < -0.4 is 0 Å². The number of rotatable bonds is 3. The van der Waals surface area contributed by atoms with Gasteiger partial charge >= 0.3 is 6.18 Å². The normalized spacial score (nSPS) is 14.4. The van der Waals surface area contributed by atoms with Gasteiger partial charge in [-0.2, -0.15) is 13.2 Å². The Morgan fingerprint density at radius 2 is 1.84 bits per heavy atom. The van der Waals surface area contributed by atoms with Gasteiger partial charge in [-0.05, 0) is 40.8 Å². The first-order valence-electron chi connectivity index (χ1n) is 9.37. The van der Waals surface area contributed by atoms with Crippen molar-refractivity contribution in [3.63, 3.8) is 0 Å². The predicted octanol–water partition coefficient (Wildman–Crippen LogP) is 3.70. The monoisotopic (exact) mass is 449 g/mol. The van der Waals surface area contributed by atoms with Crippen LogP contribution in [0, 0.1) is 0 Å². The lowest BCUT2D eigenvalue weighted by Gasteiger charge is -2.30. The minimum Gasteiger partial charge on any atom is -0.335 e. The SMILES string of the molecule is CS(=O)(=O)c1nc(C(=O)N2CCc3c(cccc3-c3ccc(C(F)(F)F)cc3)C2)c[nH]1. The summed E-state index contributed by atoms with van der Waals surface area (Å²) in [6.45, 7) is 0.675. The molecule has 0 aliphatic carbocycles. The summed E-state index contributed by atoms with van der Waals surface area (Å²) in [6, 6.07) is 10.5. The molecule has 6 nitrogen and oxygen atoms in total. The summed E-state index contributed by atoms with van der Waals surface area (Å²) in [4.78, 5) is 20.7. The van der Waals surface area contributed by atoms with Crippen molar-refractivity contribution in [1.29, 1.82) is 0 Å². The van der Waals surface area contributed by atoms with Crippen LogP contribution in [0.25, 0.3) is 11.1 Å². The molecule has 1 N–H and O–H groups in total. The average molecular weight is 449 g/mol. The number of H-pyrrole nitrogens is 1. The molecular formula is C21H18F3N3O3S. The number of hydrogen-bond acceptors (Lipinski definition) is 4. The highest BCUT2D eigenvalue weighted by Gasteiger charge is 2.30. The van der Waals surface area contributed by atoms with E-state index in [1.165, 1.54) is 18.3 Å². The summed E-state index contributed by atoms with van der Waals surface area (Å²) >= 11 is 0. The zero-order valence-electron chi connectivity index (χ0n) is 16.4. The maximum atomic E-state index is 12.8. The second kappa shape index (κ2) is 7.52. The Labute approximate surface area is 176 Å². The van der Waals surface area contributed by atoms with Gasteiger partial charge in [-0.1, -0.05) is 30.3 Å². The minimum atomic E-state index is -4.39. The smallest absolute Gasteiger partial charge is 0.335 e. The van der Waals surface area contributed by atoms with Gasteiger partial charge in [-0.25, -0.2) is 13.4 Å². The number of amides is 1. The number of carbonyl (C=O) groups excluding carboxylic acids is 1. The van der Waals surface area contributed by atoms with Gasteiger partial charge in [0.15, 0.2) is 0 Å². The molecule has 1 aliphatic rings. The molecule has 4 rings (SSSR count). The van der Waals surface area contributed by atoms with E-state index < -0.39 is 27.5 Å². The number of halogens is 3. The molecule has 162 valence electrons. The molecule has 0 radical (unpaired) electrons. The molecule has 1 aromatic heterocycles. The fourth-order valence-electron chi connectivity index (χ4n) is 3.66. The Morgan fingerprint density at radius 3 is 2.45 bits per heavy atom. The molecule has 3 aromatic rings. The fourth-order valence-corrected chi connectivity index (χ4v) is 4.19. The van der Waals surface area contributed by atoms with E-state index in [9.17, 15) is 26.4 Å². The Morgan fingerprint density at radius 1 is 1.13 bits per heavy atom. The van der Waals surface area contributed by atoms with Gasteiger partial charge in [-0.3, -0.25) is 4.79 Å². The zero-order chi connectivity index (χ0) is 22.4. The minimum absolute atomic E-state index is 0.0165. The molecule has 0 unspecified atom stereocenters. The molecule has 10 heteroatoms. The van der Waals surface area contributed by atoms with Crippen molar-refractivity contribution in [3.05, 3.63) is 71.0 Å². The van der Waals surface area contributed by atoms with Crippen LogP contribution in [-0.4, -0.2) is 42.0 Å². The van der Waals surface area contributed by atoms with Crippen LogP contribution >= 0.6 is 0 Å². The predicted molar refractivity (Wildman–Crippen MR) is 107 cm³/mol. The van der Waals surface area contributed by atoms with Crippen molar-refractivity contribution in [3.8, 4) is 11.1 Å². The van der Waals surface area contributed by atoms with E-state index in [-0.39, 0.29) is 10.9 Å². The Kier molecular flexibility index (Phi) is 5.12. The van der Waals surface area contributed by atoms with E-state index in [1.54, 1.807) is 11.0 Å². The zero-order valence-corrected chi connectivity index (χ0v) is 17.2. The second-order valence-electron chi connectivity index (χ2n) is 7.36. The largest absolute Gasteiger partial charge is 0.416 e. The number of aromatic nitrogens is 2. The lowest BCUT2D eigenvalue weighted by molar-refractivity contribution is -0.137. The molecule has 2 heterocycles. The van der Waals surface area contributed by atoms with Crippen LogP contribution in [0.15, 0.2) is 53.8 Å². The number of sulfone groups is 1. The summed E-state index contributed by atoms with van der Waals surface area (Å²) in [6.07, 6.45) is -1.60. The highest BCUT2D eigenvalue weighted by molar-refractivity contribution is 7.90. The quantitative estimate of drug-likeness (QED) is 0.661.